The second-order valence-corrected chi connectivity index (χ2v) is 4.97. The lowest BCUT2D eigenvalue weighted by Gasteiger charge is -2.31. The number of para-hydroxylation sites is 1. The number of Topliss-reactive ketones (excluding diaryl/α,β-unsaturated/α-hetero) is 1. The molecule has 1 aliphatic rings. The lowest BCUT2D eigenvalue weighted by Crippen LogP contribution is -2.52. The zero-order chi connectivity index (χ0) is 15.2. The Labute approximate surface area is 123 Å². The second kappa shape index (κ2) is 6.97. The van der Waals surface area contributed by atoms with E-state index in [9.17, 15) is 9.59 Å². The molecule has 1 fully saturated rings. The van der Waals surface area contributed by atoms with Crippen molar-refractivity contribution < 1.29 is 9.59 Å². The molecule has 1 aromatic rings. The topological polar surface area (TPSA) is 85.2 Å². The molecule has 1 heterocycles. The highest BCUT2D eigenvalue weighted by Gasteiger charge is 2.24. The van der Waals surface area contributed by atoms with Gasteiger partial charge >= 0.3 is 0 Å². The average Bonchev–Trinajstić information content (AvgIpc) is 2.48. The van der Waals surface area contributed by atoms with Gasteiger partial charge in [0.1, 0.15) is 6.04 Å². The number of carbonyl (C=O) groups is 2. The van der Waals surface area contributed by atoms with Crippen molar-refractivity contribution in [2.75, 3.05) is 31.5 Å². The number of nitrogens with zero attached hydrogens (tertiary/aromatic N) is 2. The SMILES string of the molecule is CC(=O)c1ccccc1NC(=O)CN1CCNCC1C#N. The summed E-state index contributed by atoms with van der Waals surface area (Å²) in [6.07, 6.45) is 0. The van der Waals surface area contributed by atoms with E-state index in [4.69, 9.17) is 5.26 Å². The third-order valence-electron chi connectivity index (χ3n) is 3.43. The standard InChI is InChI=1S/C15H18N4O2/c1-11(20)13-4-2-3-5-14(13)18-15(21)10-19-7-6-17-9-12(19)8-16/h2-5,12,17H,6-7,9-10H2,1H3,(H,18,21). The van der Waals surface area contributed by atoms with Crippen LogP contribution in [0.4, 0.5) is 5.69 Å². The molecule has 0 saturated carbocycles. The third kappa shape index (κ3) is 3.88. The van der Waals surface area contributed by atoms with Gasteiger partial charge in [0, 0.05) is 25.2 Å². The first-order chi connectivity index (χ1) is 10.1. The predicted octanol–water partition coefficient (Wildman–Crippen LogP) is 0.625. The number of piperazine rings is 1. The summed E-state index contributed by atoms with van der Waals surface area (Å²) in [5.41, 5.74) is 1.00. The molecule has 1 aliphatic heterocycles. The first kappa shape index (κ1) is 15.2. The molecule has 0 aromatic heterocycles. The first-order valence-electron chi connectivity index (χ1n) is 6.86. The van der Waals surface area contributed by atoms with Crippen LogP contribution < -0.4 is 10.6 Å². The van der Waals surface area contributed by atoms with Crippen molar-refractivity contribution >= 4 is 17.4 Å². The number of amides is 1. The Morgan fingerprint density at radius 1 is 1.48 bits per heavy atom. The quantitative estimate of drug-likeness (QED) is 0.793. The van der Waals surface area contributed by atoms with Crippen LogP contribution in [0.1, 0.15) is 17.3 Å². The summed E-state index contributed by atoms with van der Waals surface area (Å²) in [7, 11) is 0. The predicted molar refractivity (Wildman–Crippen MR) is 78.9 cm³/mol. The van der Waals surface area contributed by atoms with E-state index < -0.39 is 0 Å². The van der Waals surface area contributed by atoms with Gasteiger partial charge in [0.15, 0.2) is 5.78 Å². The van der Waals surface area contributed by atoms with Crippen LogP contribution in [0.15, 0.2) is 24.3 Å². The molecule has 0 spiro atoms. The fourth-order valence-electron chi connectivity index (χ4n) is 2.34. The van der Waals surface area contributed by atoms with Crippen molar-refractivity contribution in [2.24, 2.45) is 0 Å². The van der Waals surface area contributed by atoms with Gasteiger partial charge in [-0.05, 0) is 19.1 Å². The second-order valence-electron chi connectivity index (χ2n) is 4.97. The maximum Gasteiger partial charge on any atom is 0.238 e. The summed E-state index contributed by atoms with van der Waals surface area (Å²) in [5, 5.41) is 14.9. The van der Waals surface area contributed by atoms with Crippen LogP contribution in [0, 0.1) is 11.3 Å². The van der Waals surface area contributed by atoms with Crippen LogP contribution in [-0.2, 0) is 4.79 Å². The minimum atomic E-state index is -0.299. The third-order valence-corrected chi connectivity index (χ3v) is 3.43. The van der Waals surface area contributed by atoms with Gasteiger partial charge in [0.2, 0.25) is 5.91 Å². The van der Waals surface area contributed by atoms with Crippen LogP contribution in [0.2, 0.25) is 0 Å². The summed E-state index contributed by atoms with van der Waals surface area (Å²) in [6, 6.07) is 8.79. The summed E-state index contributed by atoms with van der Waals surface area (Å²) in [4.78, 5) is 25.5. The molecule has 110 valence electrons. The van der Waals surface area contributed by atoms with Gasteiger partial charge in [0.25, 0.3) is 0 Å². The highest BCUT2D eigenvalue weighted by atomic mass is 16.2. The summed E-state index contributed by atoms with van der Waals surface area (Å²) >= 11 is 0. The molecule has 2 rings (SSSR count). The fourth-order valence-corrected chi connectivity index (χ4v) is 2.34. The Hall–Kier alpha value is -2.23. The molecule has 0 bridgehead atoms. The average molecular weight is 286 g/mol. The Kier molecular flexibility index (Phi) is 5.04. The van der Waals surface area contributed by atoms with Crippen molar-refractivity contribution in [3.05, 3.63) is 29.8 Å². The van der Waals surface area contributed by atoms with Crippen LogP contribution in [0.3, 0.4) is 0 Å². The molecule has 6 nitrogen and oxygen atoms in total. The monoisotopic (exact) mass is 286 g/mol. The molecular weight excluding hydrogens is 268 g/mol. The number of ketones is 1. The lowest BCUT2D eigenvalue weighted by atomic mass is 10.1. The molecule has 21 heavy (non-hydrogen) atoms. The number of carbonyl (C=O) groups excluding carboxylic acids is 2. The summed E-state index contributed by atoms with van der Waals surface area (Å²) < 4.78 is 0. The van der Waals surface area contributed by atoms with E-state index in [1.165, 1.54) is 6.92 Å². The lowest BCUT2D eigenvalue weighted by molar-refractivity contribution is -0.117. The number of rotatable bonds is 4. The summed E-state index contributed by atoms with van der Waals surface area (Å²) in [6.45, 7) is 3.59. The summed E-state index contributed by atoms with van der Waals surface area (Å²) in [5.74, 6) is -0.311. The molecule has 1 atom stereocenters. The molecule has 6 heteroatoms. The highest BCUT2D eigenvalue weighted by Crippen LogP contribution is 2.15. The zero-order valence-electron chi connectivity index (χ0n) is 11.9. The smallest absolute Gasteiger partial charge is 0.238 e. The Bertz CT molecular complexity index is 579. The zero-order valence-corrected chi connectivity index (χ0v) is 11.9. The van der Waals surface area contributed by atoms with E-state index in [2.05, 4.69) is 16.7 Å². The number of benzene rings is 1. The number of nitrogens with one attached hydrogen (secondary N) is 2. The molecular formula is C15H18N4O2. The molecule has 1 saturated heterocycles. The number of nitriles is 1. The van der Waals surface area contributed by atoms with Gasteiger partial charge < -0.3 is 10.6 Å². The highest BCUT2D eigenvalue weighted by molar-refractivity contribution is 6.04. The minimum Gasteiger partial charge on any atom is -0.324 e. The Morgan fingerprint density at radius 3 is 2.95 bits per heavy atom. The minimum absolute atomic E-state index is 0.0945. The first-order valence-corrected chi connectivity index (χ1v) is 6.86. The molecule has 0 aliphatic carbocycles. The van der Waals surface area contributed by atoms with E-state index in [-0.39, 0.29) is 24.3 Å². The van der Waals surface area contributed by atoms with Crippen LogP contribution >= 0.6 is 0 Å². The van der Waals surface area contributed by atoms with E-state index in [0.717, 1.165) is 6.54 Å². The van der Waals surface area contributed by atoms with Gasteiger partial charge in [-0.1, -0.05) is 12.1 Å². The van der Waals surface area contributed by atoms with Crippen molar-refractivity contribution in [3.63, 3.8) is 0 Å². The van der Waals surface area contributed by atoms with E-state index in [1.54, 1.807) is 24.3 Å². The Morgan fingerprint density at radius 2 is 2.24 bits per heavy atom. The van der Waals surface area contributed by atoms with Gasteiger partial charge in [-0.3, -0.25) is 14.5 Å². The molecule has 1 amide bonds. The van der Waals surface area contributed by atoms with Gasteiger partial charge in [-0.2, -0.15) is 5.26 Å². The van der Waals surface area contributed by atoms with Crippen molar-refractivity contribution in [1.29, 1.82) is 5.26 Å². The van der Waals surface area contributed by atoms with E-state index in [1.807, 2.05) is 4.90 Å². The van der Waals surface area contributed by atoms with Gasteiger partial charge in [0.05, 0.1) is 18.3 Å². The Balaban J connectivity index is 2.02. The van der Waals surface area contributed by atoms with Crippen molar-refractivity contribution in [1.82, 2.24) is 10.2 Å². The fraction of sp³-hybridized carbons (Fsp3) is 0.400. The van der Waals surface area contributed by atoms with Crippen LogP contribution in [0.5, 0.6) is 0 Å². The van der Waals surface area contributed by atoms with Gasteiger partial charge in [-0.15, -0.1) is 0 Å². The molecule has 0 radical (unpaired) electrons. The van der Waals surface area contributed by atoms with Crippen LogP contribution in [0.25, 0.3) is 0 Å². The number of hydrogen-bond acceptors (Lipinski definition) is 5. The van der Waals surface area contributed by atoms with Gasteiger partial charge in [-0.25, -0.2) is 0 Å². The van der Waals surface area contributed by atoms with Crippen molar-refractivity contribution in [3.8, 4) is 6.07 Å². The van der Waals surface area contributed by atoms with E-state index in [0.29, 0.717) is 24.3 Å². The normalized spacial score (nSPS) is 18.8. The van der Waals surface area contributed by atoms with Crippen LogP contribution in [-0.4, -0.2) is 48.8 Å². The van der Waals surface area contributed by atoms with Crippen molar-refractivity contribution in [2.45, 2.75) is 13.0 Å². The maximum atomic E-state index is 12.1. The maximum absolute atomic E-state index is 12.1. The molecule has 1 aromatic carbocycles. The molecule has 1 unspecified atom stereocenters. The van der Waals surface area contributed by atoms with E-state index >= 15 is 0 Å². The largest absolute Gasteiger partial charge is 0.324 e. The number of anilines is 1. The molecule has 2 N–H and O–H groups in total. The number of hydrogen-bond donors (Lipinski definition) is 2.